The smallest absolute Gasteiger partial charge is 0.351 e. The lowest BCUT2D eigenvalue weighted by atomic mass is 10.1. The molecule has 0 aromatic rings. The van der Waals surface area contributed by atoms with Crippen LogP contribution in [0.25, 0.3) is 0 Å². The summed E-state index contributed by atoms with van der Waals surface area (Å²) in [5, 5.41) is 1.50. The molecule has 2 nitrogen and oxygen atoms in total. The van der Waals surface area contributed by atoms with E-state index in [0.29, 0.717) is 0 Å². The highest BCUT2D eigenvalue weighted by molar-refractivity contribution is 6.53. The first-order chi connectivity index (χ1) is 7.38. The molecule has 1 aliphatic carbocycles. The SMILES string of the molecule is CCCO[SiH](OCCC)C1=CCCCC1. The normalized spacial score (nSPS) is 16.9. The van der Waals surface area contributed by atoms with E-state index in [2.05, 4.69) is 19.9 Å². The van der Waals surface area contributed by atoms with Crippen LogP contribution in [0.1, 0.15) is 52.4 Å². The molecule has 0 radical (unpaired) electrons. The second-order valence-electron chi connectivity index (χ2n) is 4.10. The van der Waals surface area contributed by atoms with Crippen LogP contribution in [0.4, 0.5) is 0 Å². The molecule has 3 heteroatoms. The van der Waals surface area contributed by atoms with Gasteiger partial charge >= 0.3 is 9.28 Å². The molecule has 0 amide bonds. The first-order valence-electron chi connectivity index (χ1n) is 6.30. The zero-order chi connectivity index (χ0) is 10.9. The fraction of sp³-hybridized carbons (Fsp3) is 0.833. The monoisotopic (exact) mass is 228 g/mol. The summed E-state index contributed by atoms with van der Waals surface area (Å²) in [6, 6.07) is 0. The highest BCUT2D eigenvalue weighted by Gasteiger charge is 2.20. The van der Waals surface area contributed by atoms with Gasteiger partial charge in [0.2, 0.25) is 0 Å². The summed E-state index contributed by atoms with van der Waals surface area (Å²) in [5.41, 5.74) is 0. The van der Waals surface area contributed by atoms with Crippen LogP contribution >= 0.6 is 0 Å². The summed E-state index contributed by atoms with van der Waals surface area (Å²) in [4.78, 5) is 0. The third kappa shape index (κ3) is 4.95. The molecule has 0 atom stereocenters. The van der Waals surface area contributed by atoms with E-state index in [4.69, 9.17) is 8.85 Å². The average molecular weight is 228 g/mol. The van der Waals surface area contributed by atoms with Crippen molar-refractivity contribution in [3.8, 4) is 0 Å². The summed E-state index contributed by atoms with van der Waals surface area (Å²) in [7, 11) is -1.49. The van der Waals surface area contributed by atoms with Crippen molar-refractivity contribution in [1.82, 2.24) is 0 Å². The fourth-order valence-corrected chi connectivity index (χ4v) is 4.01. The first kappa shape index (κ1) is 12.9. The van der Waals surface area contributed by atoms with Gasteiger partial charge in [0, 0.05) is 13.2 Å². The van der Waals surface area contributed by atoms with Crippen molar-refractivity contribution in [3.63, 3.8) is 0 Å². The second-order valence-corrected chi connectivity index (χ2v) is 6.17. The molecule has 0 aromatic carbocycles. The minimum atomic E-state index is -1.49. The maximum absolute atomic E-state index is 5.88. The Hall–Kier alpha value is -0.123. The standard InChI is InChI=1S/C12H24O2Si/c1-3-10-13-15(14-11-4-2)12-8-6-5-7-9-12/h8,15H,3-7,9-11H2,1-2H3. The summed E-state index contributed by atoms with van der Waals surface area (Å²) >= 11 is 0. The molecule has 0 bridgehead atoms. The van der Waals surface area contributed by atoms with Gasteiger partial charge in [-0.3, -0.25) is 0 Å². The number of hydrogen-bond donors (Lipinski definition) is 0. The Balaban J connectivity index is 2.41. The predicted molar refractivity (Wildman–Crippen MR) is 66.2 cm³/mol. The zero-order valence-corrected chi connectivity index (χ0v) is 11.3. The van der Waals surface area contributed by atoms with Gasteiger partial charge in [0.1, 0.15) is 0 Å². The van der Waals surface area contributed by atoms with E-state index in [-0.39, 0.29) is 0 Å². The number of allylic oxidation sites excluding steroid dienone is 2. The van der Waals surface area contributed by atoms with Crippen LogP contribution in [0.5, 0.6) is 0 Å². The van der Waals surface area contributed by atoms with Crippen LogP contribution in [0.15, 0.2) is 11.3 Å². The third-order valence-corrected chi connectivity index (χ3v) is 4.78. The third-order valence-electron chi connectivity index (χ3n) is 2.58. The van der Waals surface area contributed by atoms with Gasteiger partial charge in [0.25, 0.3) is 0 Å². The van der Waals surface area contributed by atoms with Crippen molar-refractivity contribution in [1.29, 1.82) is 0 Å². The lowest BCUT2D eigenvalue weighted by Gasteiger charge is -2.21. The Morgan fingerprint density at radius 1 is 1.13 bits per heavy atom. The van der Waals surface area contributed by atoms with Gasteiger partial charge in [-0.1, -0.05) is 19.9 Å². The van der Waals surface area contributed by atoms with Gasteiger partial charge in [-0.15, -0.1) is 0 Å². The summed E-state index contributed by atoms with van der Waals surface area (Å²) < 4.78 is 11.8. The van der Waals surface area contributed by atoms with Crippen molar-refractivity contribution >= 4 is 9.28 Å². The van der Waals surface area contributed by atoms with Crippen molar-refractivity contribution in [2.45, 2.75) is 52.4 Å². The van der Waals surface area contributed by atoms with Gasteiger partial charge in [-0.25, -0.2) is 0 Å². The van der Waals surface area contributed by atoms with Crippen molar-refractivity contribution in [3.05, 3.63) is 11.3 Å². The molecule has 0 heterocycles. The molecule has 0 N–H and O–H groups in total. The van der Waals surface area contributed by atoms with E-state index < -0.39 is 9.28 Å². The molecule has 0 saturated carbocycles. The minimum absolute atomic E-state index is 0.859. The topological polar surface area (TPSA) is 18.5 Å². The van der Waals surface area contributed by atoms with Crippen LogP contribution in [0.3, 0.4) is 0 Å². The highest BCUT2D eigenvalue weighted by atomic mass is 28.3. The molecule has 0 fully saturated rings. The molecule has 1 aliphatic rings. The second kappa shape index (κ2) is 8.08. The molecule has 88 valence electrons. The molecule has 1 rings (SSSR count). The first-order valence-corrected chi connectivity index (χ1v) is 7.82. The summed E-state index contributed by atoms with van der Waals surface area (Å²) in [6.45, 7) is 6.02. The lowest BCUT2D eigenvalue weighted by molar-refractivity contribution is 0.202. The maximum Gasteiger partial charge on any atom is 0.351 e. The van der Waals surface area contributed by atoms with E-state index in [1.165, 1.54) is 30.9 Å². The van der Waals surface area contributed by atoms with Gasteiger partial charge < -0.3 is 8.85 Å². The molecular formula is C12H24O2Si. The Bertz CT molecular complexity index is 184. The van der Waals surface area contributed by atoms with E-state index in [0.717, 1.165) is 26.1 Å². The highest BCUT2D eigenvalue weighted by Crippen LogP contribution is 2.20. The van der Waals surface area contributed by atoms with Gasteiger partial charge in [0.05, 0.1) is 0 Å². The fourth-order valence-electron chi connectivity index (χ4n) is 1.79. The number of rotatable bonds is 7. The lowest BCUT2D eigenvalue weighted by Crippen LogP contribution is -2.28. The van der Waals surface area contributed by atoms with Crippen LogP contribution < -0.4 is 0 Å². The van der Waals surface area contributed by atoms with E-state index in [9.17, 15) is 0 Å². The molecule has 0 aliphatic heterocycles. The summed E-state index contributed by atoms with van der Waals surface area (Å²) in [6.07, 6.45) is 9.64. The van der Waals surface area contributed by atoms with Crippen LogP contribution in [0, 0.1) is 0 Å². The van der Waals surface area contributed by atoms with E-state index >= 15 is 0 Å². The molecule has 0 spiro atoms. The molecule has 0 saturated heterocycles. The Labute approximate surface area is 95.5 Å². The Morgan fingerprint density at radius 3 is 2.27 bits per heavy atom. The molecular weight excluding hydrogens is 204 g/mol. The largest absolute Gasteiger partial charge is 0.393 e. The van der Waals surface area contributed by atoms with E-state index in [1.54, 1.807) is 0 Å². The van der Waals surface area contributed by atoms with Crippen molar-refractivity contribution < 1.29 is 8.85 Å². The summed E-state index contributed by atoms with van der Waals surface area (Å²) in [5.74, 6) is 0. The van der Waals surface area contributed by atoms with Crippen LogP contribution in [-0.4, -0.2) is 22.5 Å². The molecule has 0 unspecified atom stereocenters. The van der Waals surface area contributed by atoms with Gasteiger partial charge in [0.15, 0.2) is 0 Å². The van der Waals surface area contributed by atoms with Gasteiger partial charge in [-0.2, -0.15) is 0 Å². The van der Waals surface area contributed by atoms with Gasteiger partial charge in [-0.05, 0) is 43.7 Å². The zero-order valence-electron chi connectivity index (χ0n) is 10.1. The Kier molecular flexibility index (Phi) is 6.97. The van der Waals surface area contributed by atoms with Crippen molar-refractivity contribution in [2.24, 2.45) is 0 Å². The van der Waals surface area contributed by atoms with Crippen molar-refractivity contribution in [2.75, 3.05) is 13.2 Å². The van der Waals surface area contributed by atoms with Crippen LogP contribution in [-0.2, 0) is 8.85 Å². The minimum Gasteiger partial charge on any atom is -0.393 e. The average Bonchev–Trinajstić information content (AvgIpc) is 2.30. The Morgan fingerprint density at radius 2 is 1.80 bits per heavy atom. The predicted octanol–water partition coefficient (Wildman–Crippen LogP) is 3.10. The van der Waals surface area contributed by atoms with Crippen LogP contribution in [0.2, 0.25) is 0 Å². The quantitative estimate of drug-likeness (QED) is 0.623. The molecule has 15 heavy (non-hydrogen) atoms. The van der Waals surface area contributed by atoms with E-state index in [1.807, 2.05) is 0 Å². The molecule has 0 aromatic heterocycles. The maximum atomic E-state index is 5.88. The number of hydrogen-bond acceptors (Lipinski definition) is 2.